The maximum absolute atomic E-state index is 5.10. The molecule has 0 aliphatic heterocycles. The molecule has 2 aliphatic rings. The lowest BCUT2D eigenvalue weighted by molar-refractivity contribution is 0.290. The molecular weight excluding hydrogens is 284 g/mol. The summed E-state index contributed by atoms with van der Waals surface area (Å²) >= 11 is 8.96. The summed E-state index contributed by atoms with van der Waals surface area (Å²) in [5.41, 5.74) is 1.32. The van der Waals surface area contributed by atoms with E-state index < -0.39 is 0 Å². The molecule has 1 aromatic heterocycles. The number of imidazole rings is 1. The average Bonchev–Trinajstić information content (AvgIpc) is 2.84. The lowest BCUT2D eigenvalue weighted by Crippen LogP contribution is -2.23. The highest BCUT2D eigenvalue weighted by atomic mass is 79.9. The van der Waals surface area contributed by atoms with Gasteiger partial charge in [0.25, 0.3) is 0 Å². The summed E-state index contributed by atoms with van der Waals surface area (Å²) in [6, 6.07) is 0. The summed E-state index contributed by atoms with van der Waals surface area (Å²) in [6.07, 6.45) is 8.91. The predicted molar refractivity (Wildman–Crippen MR) is 71.5 cm³/mol. The van der Waals surface area contributed by atoms with Gasteiger partial charge in [-0.2, -0.15) is 0 Å². The van der Waals surface area contributed by atoms with Gasteiger partial charge in [-0.25, -0.2) is 0 Å². The number of hydrogen-bond acceptors (Lipinski definition) is 1. The van der Waals surface area contributed by atoms with Crippen molar-refractivity contribution in [1.29, 1.82) is 0 Å². The summed E-state index contributed by atoms with van der Waals surface area (Å²) in [6.45, 7) is 0. The van der Waals surface area contributed by atoms with Gasteiger partial charge in [-0.1, -0.05) is 28.8 Å². The van der Waals surface area contributed by atoms with Crippen molar-refractivity contribution in [3.05, 3.63) is 16.7 Å². The molecular formula is C12H17BrN2S. The SMILES string of the molecule is S=c1[nH]cc(C2CC3CCCC(Br)C3C2)[nH]1. The molecule has 1 heterocycles. The molecule has 3 rings (SSSR count). The molecule has 0 amide bonds. The van der Waals surface area contributed by atoms with Gasteiger partial charge >= 0.3 is 0 Å². The van der Waals surface area contributed by atoms with Gasteiger partial charge in [-0.05, 0) is 43.3 Å². The van der Waals surface area contributed by atoms with Crippen LogP contribution < -0.4 is 0 Å². The number of hydrogen-bond donors (Lipinski definition) is 2. The largest absolute Gasteiger partial charge is 0.337 e. The van der Waals surface area contributed by atoms with Gasteiger partial charge in [0.2, 0.25) is 0 Å². The molecule has 2 nitrogen and oxygen atoms in total. The van der Waals surface area contributed by atoms with Crippen molar-refractivity contribution in [3.63, 3.8) is 0 Å². The van der Waals surface area contributed by atoms with Crippen LogP contribution in [-0.2, 0) is 0 Å². The van der Waals surface area contributed by atoms with E-state index in [1.165, 1.54) is 37.8 Å². The molecule has 4 unspecified atom stereocenters. The average molecular weight is 301 g/mol. The van der Waals surface area contributed by atoms with Crippen LogP contribution in [0.1, 0.15) is 43.7 Å². The molecule has 2 fully saturated rings. The predicted octanol–water partition coefficient (Wildman–Crippen LogP) is 4.13. The Bertz CT molecular complexity index is 425. The maximum atomic E-state index is 5.10. The van der Waals surface area contributed by atoms with E-state index in [9.17, 15) is 0 Å². The number of rotatable bonds is 1. The van der Waals surface area contributed by atoms with Crippen LogP contribution in [0.5, 0.6) is 0 Å². The Morgan fingerprint density at radius 2 is 2.19 bits per heavy atom. The Kier molecular flexibility index (Phi) is 2.96. The fourth-order valence-electron chi connectivity index (χ4n) is 3.54. The van der Waals surface area contributed by atoms with E-state index in [4.69, 9.17) is 12.2 Å². The Morgan fingerprint density at radius 1 is 1.31 bits per heavy atom. The van der Waals surface area contributed by atoms with Crippen LogP contribution >= 0.6 is 28.1 Å². The van der Waals surface area contributed by atoms with Crippen molar-refractivity contribution >= 4 is 28.1 Å². The number of fused-ring (bicyclic) bond motifs is 1. The van der Waals surface area contributed by atoms with E-state index in [1.807, 2.05) is 0 Å². The van der Waals surface area contributed by atoms with Crippen molar-refractivity contribution < 1.29 is 0 Å². The monoisotopic (exact) mass is 300 g/mol. The van der Waals surface area contributed by atoms with Gasteiger partial charge in [0, 0.05) is 22.6 Å². The molecule has 1 aromatic rings. The Balaban J connectivity index is 1.79. The number of aromatic amines is 2. The van der Waals surface area contributed by atoms with Crippen molar-refractivity contribution in [1.82, 2.24) is 9.97 Å². The zero-order valence-electron chi connectivity index (χ0n) is 9.21. The minimum Gasteiger partial charge on any atom is -0.337 e. The van der Waals surface area contributed by atoms with Gasteiger partial charge in [-0.15, -0.1) is 0 Å². The highest BCUT2D eigenvalue weighted by Crippen LogP contribution is 2.50. The summed E-state index contributed by atoms with van der Waals surface area (Å²) in [5.74, 6) is 2.51. The molecule has 0 aromatic carbocycles. The van der Waals surface area contributed by atoms with E-state index >= 15 is 0 Å². The third-order valence-corrected chi connectivity index (χ3v) is 5.68. The highest BCUT2D eigenvalue weighted by molar-refractivity contribution is 9.09. The third-order valence-electron chi connectivity index (χ3n) is 4.33. The van der Waals surface area contributed by atoms with Crippen molar-refractivity contribution in [2.75, 3.05) is 0 Å². The summed E-state index contributed by atoms with van der Waals surface area (Å²) < 4.78 is 0.764. The van der Waals surface area contributed by atoms with Gasteiger partial charge in [-0.3, -0.25) is 0 Å². The first-order valence-corrected chi connectivity index (χ1v) is 7.48. The van der Waals surface area contributed by atoms with E-state index in [-0.39, 0.29) is 0 Å². The van der Waals surface area contributed by atoms with E-state index in [1.54, 1.807) is 0 Å². The quantitative estimate of drug-likeness (QED) is 0.593. The molecule has 0 saturated heterocycles. The van der Waals surface area contributed by atoms with E-state index in [2.05, 4.69) is 32.1 Å². The maximum Gasteiger partial charge on any atom is 0.174 e. The second-order valence-electron chi connectivity index (χ2n) is 5.24. The van der Waals surface area contributed by atoms with Crippen LogP contribution in [-0.4, -0.2) is 14.8 Å². The first-order valence-electron chi connectivity index (χ1n) is 6.15. The molecule has 88 valence electrons. The minimum atomic E-state index is 0.695. The van der Waals surface area contributed by atoms with Gasteiger partial charge in [0.1, 0.15) is 0 Å². The summed E-state index contributed by atoms with van der Waals surface area (Å²) in [4.78, 5) is 7.12. The molecule has 2 N–H and O–H groups in total. The Hall–Kier alpha value is -0.0900. The van der Waals surface area contributed by atoms with Crippen LogP contribution in [0.3, 0.4) is 0 Å². The standard InChI is InChI=1S/C12H17BrN2S/c13-10-3-1-2-7-4-8(5-9(7)10)11-6-14-12(16)15-11/h6-10H,1-5H2,(H2,14,15,16). The van der Waals surface area contributed by atoms with Crippen LogP contribution in [0.15, 0.2) is 6.20 Å². The van der Waals surface area contributed by atoms with Crippen LogP contribution in [0.25, 0.3) is 0 Å². The first kappa shape index (κ1) is 11.0. The topological polar surface area (TPSA) is 31.6 Å². The molecule has 0 spiro atoms. The Labute approximate surface area is 109 Å². The fraction of sp³-hybridized carbons (Fsp3) is 0.750. The van der Waals surface area contributed by atoms with Gasteiger partial charge in [0.05, 0.1) is 0 Å². The first-order chi connectivity index (χ1) is 7.74. The third kappa shape index (κ3) is 1.90. The lowest BCUT2D eigenvalue weighted by atomic mass is 9.82. The molecule has 0 radical (unpaired) electrons. The molecule has 4 atom stereocenters. The molecule has 2 aliphatic carbocycles. The zero-order valence-corrected chi connectivity index (χ0v) is 11.6. The zero-order chi connectivity index (χ0) is 11.1. The second kappa shape index (κ2) is 4.30. The number of alkyl halides is 1. The van der Waals surface area contributed by atoms with Crippen LogP contribution in [0, 0.1) is 16.6 Å². The lowest BCUT2D eigenvalue weighted by Gasteiger charge is -2.29. The van der Waals surface area contributed by atoms with E-state index in [0.717, 1.165) is 21.4 Å². The fourth-order valence-corrected chi connectivity index (χ4v) is 4.69. The van der Waals surface area contributed by atoms with Crippen LogP contribution in [0.2, 0.25) is 0 Å². The minimum absolute atomic E-state index is 0.695. The number of nitrogens with one attached hydrogen (secondary N) is 2. The smallest absolute Gasteiger partial charge is 0.174 e. The van der Waals surface area contributed by atoms with Gasteiger partial charge < -0.3 is 9.97 Å². The number of aromatic nitrogens is 2. The Morgan fingerprint density at radius 3 is 2.88 bits per heavy atom. The molecule has 4 heteroatoms. The van der Waals surface area contributed by atoms with Gasteiger partial charge in [0.15, 0.2) is 4.77 Å². The second-order valence-corrected chi connectivity index (χ2v) is 6.82. The summed E-state index contributed by atoms with van der Waals surface area (Å²) in [7, 11) is 0. The van der Waals surface area contributed by atoms with Crippen molar-refractivity contribution in [2.24, 2.45) is 11.8 Å². The van der Waals surface area contributed by atoms with Crippen molar-refractivity contribution in [3.8, 4) is 0 Å². The molecule has 2 saturated carbocycles. The molecule has 16 heavy (non-hydrogen) atoms. The highest BCUT2D eigenvalue weighted by Gasteiger charge is 2.40. The van der Waals surface area contributed by atoms with E-state index in [0.29, 0.717) is 5.92 Å². The number of H-pyrrole nitrogens is 2. The molecule has 0 bridgehead atoms. The summed E-state index contributed by atoms with van der Waals surface area (Å²) in [5, 5.41) is 0. The normalized spacial score (nSPS) is 38.6. The van der Waals surface area contributed by atoms with Crippen molar-refractivity contribution in [2.45, 2.75) is 42.8 Å². The number of halogens is 1. The van der Waals surface area contributed by atoms with Crippen LogP contribution in [0.4, 0.5) is 0 Å².